The normalized spacial score (nSPS) is 27.9. The molecule has 122 valence electrons. The summed E-state index contributed by atoms with van der Waals surface area (Å²) in [5, 5.41) is 7.71. The van der Waals surface area contributed by atoms with E-state index in [4.69, 9.17) is 5.73 Å². The van der Waals surface area contributed by atoms with Crippen LogP contribution < -0.4 is 11.1 Å². The maximum Gasteiger partial charge on any atom is 0.220 e. The molecule has 2 aliphatic rings. The van der Waals surface area contributed by atoms with Crippen LogP contribution in [0.1, 0.15) is 76.0 Å². The molecule has 3 atom stereocenters. The summed E-state index contributed by atoms with van der Waals surface area (Å²) >= 11 is 0. The lowest BCUT2D eigenvalue weighted by Crippen LogP contribution is -2.36. The van der Waals surface area contributed by atoms with E-state index in [1.165, 1.54) is 0 Å². The number of hydrogen-bond acceptors (Lipinski definition) is 4. The van der Waals surface area contributed by atoms with Crippen molar-refractivity contribution in [2.45, 2.75) is 76.9 Å². The number of carbonyl (C=O) groups is 1. The zero-order chi connectivity index (χ0) is 15.7. The topological polar surface area (TPSA) is 85.8 Å². The van der Waals surface area contributed by atoms with E-state index < -0.39 is 0 Å². The third-order valence-corrected chi connectivity index (χ3v) is 4.91. The molecule has 22 heavy (non-hydrogen) atoms. The standard InChI is InChI=1S/C16H27N5O/c1-10(2)15-19-16-13(7-4-8-21(16)20-15)18-14(22)9-11-5-3-6-12(11)17/h10-13H,3-9,17H2,1-2H3,(H,18,22)/t11-,12+,13?/m0/s1. The van der Waals surface area contributed by atoms with Crippen LogP contribution in [0.2, 0.25) is 0 Å². The van der Waals surface area contributed by atoms with Crippen molar-refractivity contribution in [1.82, 2.24) is 20.1 Å². The highest BCUT2D eigenvalue weighted by Gasteiger charge is 2.29. The molecule has 3 N–H and O–H groups in total. The molecule has 6 heteroatoms. The molecule has 1 saturated carbocycles. The van der Waals surface area contributed by atoms with E-state index >= 15 is 0 Å². The number of rotatable bonds is 4. The molecule has 2 heterocycles. The number of amides is 1. The molecule has 0 aromatic carbocycles. The van der Waals surface area contributed by atoms with Crippen molar-refractivity contribution in [3.8, 4) is 0 Å². The maximum atomic E-state index is 12.3. The van der Waals surface area contributed by atoms with Crippen LogP contribution in [0.3, 0.4) is 0 Å². The molecule has 3 rings (SSSR count). The summed E-state index contributed by atoms with van der Waals surface area (Å²) in [7, 11) is 0. The van der Waals surface area contributed by atoms with E-state index in [1.54, 1.807) is 0 Å². The van der Waals surface area contributed by atoms with Crippen molar-refractivity contribution in [1.29, 1.82) is 0 Å². The fourth-order valence-electron chi connectivity index (χ4n) is 3.56. The predicted octanol–water partition coefficient (Wildman–Crippen LogP) is 1.87. The van der Waals surface area contributed by atoms with Crippen molar-refractivity contribution >= 4 is 5.91 Å². The lowest BCUT2D eigenvalue weighted by atomic mass is 9.99. The first-order chi connectivity index (χ1) is 10.5. The number of aromatic nitrogens is 3. The number of nitrogens with one attached hydrogen (secondary N) is 1. The number of nitrogens with zero attached hydrogens (tertiary/aromatic N) is 3. The highest BCUT2D eigenvalue weighted by molar-refractivity contribution is 5.76. The lowest BCUT2D eigenvalue weighted by Gasteiger charge is -2.24. The molecule has 1 unspecified atom stereocenters. The molecule has 1 aromatic rings. The van der Waals surface area contributed by atoms with Gasteiger partial charge < -0.3 is 11.1 Å². The average molecular weight is 305 g/mol. The van der Waals surface area contributed by atoms with Gasteiger partial charge >= 0.3 is 0 Å². The molecule has 0 bridgehead atoms. The summed E-state index contributed by atoms with van der Waals surface area (Å²) in [6, 6.07) is 0.187. The molecule has 1 fully saturated rings. The molecular weight excluding hydrogens is 278 g/mol. The first-order valence-electron chi connectivity index (χ1n) is 8.54. The Kier molecular flexibility index (Phi) is 4.47. The minimum absolute atomic E-state index is 0.00104. The van der Waals surface area contributed by atoms with Gasteiger partial charge in [0.05, 0.1) is 6.04 Å². The Morgan fingerprint density at radius 3 is 2.86 bits per heavy atom. The van der Waals surface area contributed by atoms with Gasteiger partial charge in [0.2, 0.25) is 5.91 Å². The Morgan fingerprint density at radius 2 is 2.18 bits per heavy atom. The Morgan fingerprint density at radius 1 is 1.36 bits per heavy atom. The van der Waals surface area contributed by atoms with Gasteiger partial charge in [-0.1, -0.05) is 20.3 Å². The van der Waals surface area contributed by atoms with E-state index in [9.17, 15) is 4.79 Å². The fourth-order valence-corrected chi connectivity index (χ4v) is 3.56. The summed E-state index contributed by atoms with van der Waals surface area (Å²) in [5.41, 5.74) is 6.07. The zero-order valence-electron chi connectivity index (χ0n) is 13.6. The predicted molar refractivity (Wildman–Crippen MR) is 84.2 cm³/mol. The number of carbonyl (C=O) groups excluding carboxylic acids is 1. The van der Waals surface area contributed by atoms with Crippen LogP contribution in [-0.2, 0) is 11.3 Å². The first kappa shape index (κ1) is 15.5. The van der Waals surface area contributed by atoms with Gasteiger partial charge in [-0.15, -0.1) is 0 Å². The van der Waals surface area contributed by atoms with Gasteiger partial charge in [-0.3, -0.25) is 4.79 Å². The van der Waals surface area contributed by atoms with Crippen LogP contribution in [0.25, 0.3) is 0 Å². The van der Waals surface area contributed by atoms with E-state index in [-0.39, 0.29) is 18.0 Å². The van der Waals surface area contributed by atoms with Crippen LogP contribution >= 0.6 is 0 Å². The van der Waals surface area contributed by atoms with Crippen LogP contribution in [-0.4, -0.2) is 26.7 Å². The van der Waals surface area contributed by atoms with Gasteiger partial charge in [0.15, 0.2) is 5.82 Å². The van der Waals surface area contributed by atoms with Crippen LogP contribution in [0.4, 0.5) is 0 Å². The summed E-state index contributed by atoms with van der Waals surface area (Å²) in [4.78, 5) is 17.0. The summed E-state index contributed by atoms with van der Waals surface area (Å²) in [5.74, 6) is 2.54. The van der Waals surface area contributed by atoms with Gasteiger partial charge in [0.1, 0.15) is 5.82 Å². The fraction of sp³-hybridized carbons (Fsp3) is 0.812. The highest BCUT2D eigenvalue weighted by Crippen LogP contribution is 2.28. The van der Waals surface area contributed by atoms with Gasteiger partial charge in [-0.05, 0) is 31.6 Å². The van der Waals surface area contributed by atoms with E-state index in [0.717, 1.165) is 50.3 Å². The number of fused-ring (bicyclic) bond motifs is 1. The van der Waals surface area contributed by atoms with Gasteiger partial charge in [-0.25, -0.2) is 9.67 Å². The molecule has 0 saturated heterocycles. The van der Waals surface area contributed by atoms with Crippen molar-refractivity contribution in [3.63, 3.8) is 0 Å². The minimum atomic E-state index is -0.00104. The third-order valence-electron chi connectivity index (χ3n) is 4.91. The maximum absolute atomic E-state index is 12.3. The van der Waals surface area contributed by atoms with Crippen LogP contribution in [0, 0.1) is 5.92 Å². The number of nitrogens with two attached hydrogens (primary N) is 1. The smallest absolute Gasteiger partial charge is 0.220 e. The average Bonchev–Trinajstić information content (AvgIpc) is 3.06. The second-order valence-electron chi connectivity index (χ2n) is 7.03. The number of aryl methyl sites for hydroxylation is 1. The van der Waals surface area contributed by atoms with E-state index in [1.807, 2.05) is 4.68 Å². The molecule has 1 aliphatic heterocycles. The molecule has 6 nitrogen and oxygen atoms in total. The Balaban J connectivity index is 1.65. The molecular formula is C16H27N5O. The van der Waals surface area contributed by atoms with Crippen molar-refractivity contribution in [2.75, 3.05) is 0 Å². The van der Waals surface area contributed by atoms with Gasteiger partial charge in [0, 0.05) is 24.9 Å². The zero-order valence-corrected chi connectivity index (χ0v) is 13.6. The molecule has 1 amide bonds. The summed E-state index contributed by atoms with van der Waals surface area (Å²) in [6.07, 6.45) is 5.79. The van der Waals surface area contributed by atoms with Crippen molar-refractivity contribution < 1.29 is 4.79 Å². The Hall–Kier alpha value is -1.43. The van der Waals surface area contributed by atoms with E-state index in [2.05, 4.69) is 29.2 Å². The summed E-state index contributed by atoms with van der Waals surface area (Å²) < 4.78 is 1.96. The van der Waals surface area contributed by atoms with Crippen molar-refractivity contribution in [3.05, 3.63) is 11.6 Å². The quantitative estimate of drug-likeness (QED) is 0.889. The minimum Gasteiger partial charge on any atom is -0.346 e. The highest BCUT2D eigenvalue weighted by atomic mass is 16.1. The van der Waals surface area contributed by atoms with Crippen molar-refractivity contribution in [2.24, 2.45) is 11.7 Å². The molecule has 0 radical (unpaired) electrons. The van der Waals surface area contributed by atoms with E-state index in [0.29, 0.717) is 18.3 Å². The largest absolute Gasteiger partial charge is 0.346 e. The second-order valence-corrected chi connectivity index (χ2v) is 7.03. The lowest BCUT2D eigenvalue weighted by molar-refractivity contribution is -0.123. The van der Waals surface area contributed by atoms with Crippen LogP contribution in [0.5, 0.6) is 0 Å². The summed E-state index contributed by atoms with van der Waals surface area (Å²) in [6.45, 7) is 5.09. The molecule has 1 aliphatic carbocycles. The Bertz CT molecular complexity index is 539. The van der Waals surface area contributed by atoms with Gasteiger partial charge in [-0.2, -0.15) is 5.10 Å². The molecule has 1 aromatic heterocycles. The SMILES string of the molecule is CC(C)c1nc2n(n1)CCCC2NC(=O)C[C@@H]1CCC[C@H]1N. The first-order valence-corrected chi connectivity index (χ1v) is 8.54. The van der Waals surface area contributed by atoms with Gasteiger partial charge in [0.25, 0.3) is 0 Å². The monoisotopic (exact) mass is 305 g/mol. The second kappa shape index (κ2) is 6.36. The Labute approximate surface area is 131 Å². The van der Waals surface area contributed by atoms with Crippen LogP contribution in [0.15, 0.2) is 0 Å². The third kappa shape index (κ3) is 3.16. The number of hydrogen-bond donors (Lipinski definition) is 2. The molecule has 0 spiro atoms.